The van der Waals surface area contributed by atoms with Crippen LogP contribution in [0.5, 0.6) is 0 Å². The molecule has 396 valence electrons. The predicted octanol–water partition coefficient (Wildman–Crippen LogP) is 18.3. The topological polar surface area (TPSA) is 96.9 Å². The second-order valence-corrected chi connectivity index (χ2v) is 20.7. The van der Waals surface area contributed by atoms with E-state index in [1.165, 1.54) is 11.1 Å². The van der Waals surface area contributed by atoms with Crippen LogP contribution < -0.4 is 11.1 Å². The van der Waals surface area contributed by atoms with Gasteiger partial charge in [-0.05, 0) is 124 Å². The van der Waals surface area contributed by atoms with Gasteiger partial charge in [-0.3, -0.25) is 18.4 Å². The maximum Gasteiger partial charge on any atom is 0.264 e. The zero-order valence-electron chi connectivity index (χ0n) is 45.9. The second-order valence-electron chi connectivity index (χ2n) is 20.7. The summed E-state index contributed by atoms with van der Waals surface area (Å²) in [6.07, 6.45) is 0. The van der Waals surface area contributed by atoms with Gasteiger partial charge >= 0.3 is 0 Å². The smallest absolute Gasteiger partial charge is 0.264 e. The summed E-state index contributed by atoms with van der Waals surface area (Å²) in [6.45, 7) is 11.6. The molecule has 0 unspecified atom stereocenters. The molecule has 16 rings (SSSR count). The van der Waals surface area contributed by atoms with Gasteiger partial charge in [0, 0.05) is 32.3 Å². The molecule has 0 spiro atoms. The van der Waals surface area contributed by atoms with Crippen LogP contribution in [0.3, 0.4) is 0 Å². The molecule has 0 atom stereocenters. The summed E-state index contributed by atoms with van der Waals surface area (Å²) in [6, 6.07) is 90.7. The number of benzene rings is 12. The number of rotatable bonds is 4. The monoisotopic (exact) mass is 1080 g/mol. The van der Waals surface area contributed by atoms with Crippen LogP contribution >= 0.6 is 0 Å². The van der Waals surface area contributed by atoms with E-state index in [2.05, 4.69) is 134 Å². The van der Waals surface area contributed by atoms with E-state index in [4.69, 9.17) is 16.5 Å². The van der Waals surface area contributed by atoms with Gasteiger partial charge in [0.25, 0.3) is 11.1 Å². The van der Waals surface area contributed by atoms with Crippen molar-refractivity contribution in [3.63, 3.8) is 0 Å². The van der Waals surface area contributed by atoms with Crippen molar-refractivity contribution in [1.82, 2.24) is 18.8 Å². The minimum atomic E-state index is -0.119. The molecule has 16 aromatic rings. The van der Waals surface area contributed by atoms with Gasteiger partial charge in [-0.25, -0.2) is 14.8 Å². The summed E-state index contributed by atoms with van der Waals surface area (Å²) in [5, 5.41) is 16.4. The SMILES string of the molecule is Cc1ccccc1.Cc1ccccc1.N#Cc1ccc2c(c1)nc1c3ccc(-c4ccccc4)c4c(-c5ccccc5)ccc(c(=O)n21)c43.[C-]#[N+]c1ccc2nc3c4ccc(-c5ccccc5)c5c(-c6ccccc6)ccc(c(=O)n3c2c1)c54. The van der Waals surface area contributed by atoms with Crippen molar-refractivity contribution in [2.45, 2.75) is 13.8 Å². The molecule has 84 heavy (non-hydrogen) atoms. The molecule has 0 aliphatic heterocycles. The number of nitrogens with zero attached hydrogens (tertiary/aromatic N) is 6. The van der Waals surface area contributed by atoms with Crippen molar-refractivity contribution >= 4 is 82.1 Å². The van der Waals surface area contributed by atoms with Gasteiger partial charge in [0.15, 0.2) is 5.69 Å². The van der Waals surface area contributed by atoms with Crippen molar-refractivity contribution in [2.75, 3.05) is 0 Å². The highest BCUT2D eigenvalue weighted by Crippen LogP contribution is 2.44. The van der Waals surface area contributed by atoms with Crippen molar-refractivity contribution < 1.29 is 0 Å². The number of fused-ring (bicyclic) bond motifs is 8. The maximum absolute atomic E-state index is 13.9. The van der Waals surface area contributed by atoms with Crippen LogP contribution in [-0.4, -0.2) is 18.8 Å². The first-order valence-electron chi connectivity index (χ1n) is 27.6. The fraction of sp³-hybridized carbons (Fsp3) is 0.0263. The molecule has 4 heterocycles. The van der Waals surface area contributed by atoms with Gasteiger partial charge in [-0.15, -0.1) is 0 Å². The number of aromatic nitrogens is 4. The van der Waals surface area contributed by atoms with Gasteiger partial charge in [-0.2, -0.15) is 5.26 Å². The first kappa shape index (κ1) is 51.8. The molecule has 0 radical (unpaired) electrons. The van der Waals surface area contributed by atoms with Crippen LogP contribution in [-0.2, 0) is 0 Å². The Morgan fingerprint density at radius 1 is 0.381 bits per heavy atom. The van der Waals surface area contributed by atoms with Crippen molar-refractivity contribution in [1.29, 1.82) is 5.26 Å². The lowest BCUT2D eigenvalue weighted by molar-refractivity contribution is 1.19. The molecule has 0 saturated heterocycles. The highest BCUT2D eigenvalue weighted by atomic mass is 16.1. The molecule has 8 heteroatoms. The molecule has 0 aliphatic rings. The molecule has 0 fully saturated rings. The largest absolute Gasteiger partial charge is 0.268 e. The lowest BCUT2D eigenvalue weighted by Gasteiger charge is -2.16. The Balaban J connectivity index is 0.000000127. The van der Waals surface area contributed by atoms with Gasteiger partial charge in [0.1, 0.15) is 11.3 Å². The van der Waals surface area contributed by atoms with Gasteiger partial charge in [0.2, 0.25) is 0 Å². The van der Waals surface area contributed by atoms with E-state index in [1.54, 1.807) is 39.1 Å². The van der Waals surface area contributed by atoms with Crippen molar-refractivity contribution in [2.24, 2.45) is 0 Å². The third-order valence-electron chi connectivity index (χ3n) is 15.4. The number of imidazole rings is 2. The predicted molar refractivity (Wildman–Crippen MR) is 345 cm³/mol. The standard InChI is InChI=1S/2C31H17N3O.2C7H8/c1-32-21-12-17-26-27(18-21)34-30(33-26)24-15-13-22(19-8-4-2-5-9-19)28-23(20-10-6-3-7-11-20)14-16-25(29(24)28)31(34)35;32-18-19-11-16-27-26(17-19)33-30-24-14-12-22(20-7-3-1-4-8-20)28-23(21-9-5-2-6-10-21)13-15-25(29(24)28)31(35)34(27)30;2*1-7-5-3-2-4-6-7/h2-18H;1-17H;2*2-6H,1H3. The first-order valence-corrected chi connectivity index (χ1v) is 27.6. The summed E-state index contributed by atoms with van der Waals surface area (Å²) >= 11 is 0. The summed E-state index contributed by atoms with van der Waals surface area (Å²) in [4.78, 5) is 41.0. The van der Waals surface area contributed by atoms with E-state index < -0.39 is 0 Å². The van der Waals surface area contributed by atoms with Crippen LogP contribution in [0.4, 0.5) is 5.69 Å². The average molecular weight is 1080 g/mol. The minimum absolute atomic E-state index is 0.102. The Morgan fingerprint density at radius 2 is 0.750 bits per heavy atom. The van der Waals surface area contributed by atoms with E-state index in [0.29, 0.717) is 55.4 Å². The van der Waals surface area contributed by atoms with Gasteiger partial charge in [0.05, 0.1) is 40.3 Å². The fourth-order valence-electron chi connectivity index (χ4n) is 11.5. The lowest BCUT2D eigenvalue weighted by atomic mass is 9.88. The molecule has 8 nitrogen and oxygen atoms in total. The van der Waals surface area contributed by atoms with E-state index in [1.807, 2.05) is 127 Å². The summed E-state index contributed by atoms with van der Waals surface area (Å²) in [5.41, 5.74) is 16.1. The summed E-state index contributed by atoms with van der Waals surface area (Å²) < 4.78 is 3.34. The zero-order chi connectivity index (χ0) is 57.3. The summed E-state index contributed by atoms with van der Waals surface area (Å²) in [5.74, 6) is 0. The molecule has 0 saturated carbocycles. The van der Waals surface area contributed by atoms with Crippen LogP contribution in [0, 0.1) is 31.8 Å². The van der Waals surface area contributed by atoms with E-state index in [-0.39, 0.29) is 11.1 Å². The van der Waals surface area contributed by atoms with E-state index in [9.17, 15) is 14.9 Å². The van der Waals surface area contributed by atoms with Gasteiger partial charge in [-0.1, -0.05) is 223 Å². The van der Waals surface area contributed by atoms with Crippen molar-refractivity contribution in [3.8, 4) is 50.6 Å². The summed E-state index contributed by atoms with van der Waals surface area (Å²) in [7, 11) is 0. The Bertz CT molecular complexity index is 5050. The van der Waals surface area contributed by atoms with Gasteiger partial charge < -0.3 is 0 Å². The quantitative estimate of drug-likeness (QED) is 0.164. The van der Waals surface area contributed by atoms with Crippen LogP contribution in [0.25, 0.3) is 126 Å². The fourth-order valence-corrected chi connectivity index (χ4v) is 11.5. The third kappa shape index (κ3) is 9.36. The number of nitriles is 1. The van der Waals surface area contributed by atoms with Crippen LogP contribution in [0.15, 0.2) is 277 Å². The first-order chi connectivity index (χ1) is 41.3. The normalized spacial score (nSPS) is 11.0. The Morgan fingerprint density at radius 3 is 1.12 bits per heavy atom. The molecule has 0 aliphatic carbocycles. The Kier molecular flexibility index (Phi) is 13.7. The van der Waals surface area contributed by atoms with Crippen LogP contribution in [0.2, 0.25) is 0 Å². The number of aryl methyl sites for hydroxylation is 2. The number of hydrogen-bond acceptors (Lipinski definition) is 5. The average Bonchev–Trinajstić information content (AvgIpc) is 1.55. The molecule has 0 bridgehead atoms. The minimum Gasteiger partial charge on any atom is -0.268 e. The molecule has 0 amide bonds. The maximum atomic E-state index is 13.9. The van der Waals surface area contributed by atoms with Crippen LogP contribution in [0.1, 0.15) is 16.7 Å². The Hall–Kier alpha value is -11.6. The van der Waals surface area contributed by atoms with E-state index >= 15 is 0 Å². The van der Waals surface area contributed by atoms with Crippen molar-refractivity contribution in [3.05, 3.63) is 316 Å². The third-order valence-corrected chi connectivity index (χ3v) is 15.4. The molecular weight excluding hydrogens is 1030 g/mol. The number of hydrogen-bond donors (Lipinski definition) is 0. The van der Waals surface area contributed by atoms with E-state index in [0.717, 1.165) is 76.8 Å². The molecule has 0 N–H and O–H groups in total. The highest BCUT2D eigenvalue weighted by Gasteiger charge is 2.23. The molecule has 12 aromatic carbocycles. The second kappa shape index (κ2) is 22.2. The zero-order valence-corrected chi connectivity index (χ0v) is 45.9. The Labute approximate surface area is 483 Å². The lowest BCUT2D eigenvalue weighted by Crippen LogP contribution is -2.13. The molecular formula is C76H50N6O2. The highest BCUT2D eigenvalue weighted by molar-refractivity contribution is 6.25. The number of pyridine rings is 2. The molecule has 4 aromatic heterocycles.